The van der Waals surface area contributed by atoms with Crippen LogP contribution in [-0.2, 0) is 0 Å². The van der Waals surface area contributed by atoms with Gasteiger partial charge in [0.15, 0.2) is 4.77 Å². The Morgan fingerprint density at radius 2 is 1.79 bits per heavy atom. The van der Waals surface area contributed by atoms with Gasteiger partial charge in [-0.25, -0.2) is 8.78 Å². The van der Waals surface area contributed by atoms with Crippen molar-refractivity contribution in [2.45, 2.75) is 0 Å². The summed E-state index contributed by atoms with van der Waals surface area (Å²) >= 11 is 11.0. The summed E-state index contributed by atoms with van der Waals surface area (Å²) in [6, 6.07) is 8.63. The number of nitrogens with zero attached hydrogens (tertiary/aromatic N) is 1. The summed E-state index contributed by atoms with van der Waals surface area (Å²) in [4.78, 5) is 2.89. The highest BCUT2D eigenvalue weighted by Gasteiger charge is 2.10. The van der Waals surface area contributed by atoms with E-state index in [4.69, 9.17) is 23.8 Å². The Labute approximate surface area is 117 Å². The van der Waals surface area contributed by atoms with Crippen LogP contribution in [-0.4, -0.2) is 9.55 Å². The van der Waals surface area contributed by atoms with Crippen molar-refractivity contribution in [2.75, 3.05) is 0 Å². The maximum atomic E-state index is 13.4. The van der Waals surface area contributed by atoms with Gasteiger partial charge in [0.2, 0.25) is 0 Å². The van der Waals surface area contributed by atoms with Crippen molar-refractivity contribution < 1.29 is 8.78 Å². The summed E-state index contributed by atoms with van der Waals surface area (Å²) in [6.07, 6.45) is 0. The molecule has 0 unspecified atom stereocenters. The van der Waals surface area contributed by atoms with Gasteiger partial charge in [0.1, 0.15) is 11.6 Å². The number of hydrogen-bond acceptors (Lipinski definition) is 1. The molecule has 3 aromatic rings. The van der Waals surface area contributed by atoms with Crippen LogP contribution in [0.5, 0.6) is 0 Å². The third-order valence-electron chi connectivity index (χ3n) is 2.81. The van der Waals surface area contributed by atoms with Crippen LogP contribution in [0.4, 0.5) is 8.78 Å². The van der Waals surface area contributed by atoms with E-state index in [1.807, 2.05) is 0 Å². The van der Waals surface area contributed by atoms with E-state index in [1.165, 1.54) is 24.3 Å². The highest BCUT2D eigenvalue weighted by Crippen LogP contribution is 2.25. The zero-order chi connectivity index (χ0) is 13.6. The van der Waals surface area contributed by atoms with Crippen LogP contribution in [0.1, 0.15) is 0 Å². The zero-order valence-electron chi connectivity index (χ0n) is 9.45. The molecule has 2 nitrogen and oxygen atoms in total. The fraction of sp³-hybridized carbons (Fsp3) is 0. The lowest BCUT2D eigenvalue weighted by atomic mass is 10.2. The van der Waals surface area contributed by atoms with Crippen LogP contribution in [0.25, 0.3) is 16.7 Å². The van der Waals surface area contributed by atoms with E-state index < -0.39 is 5.82 Å². The molecule has 1 heterocycles. The predicted molar refractivity (Wildman–Crippen MR) is 73.4 cm³/mol. The summed E-state index contributed by atoms with van der Waals surface area (Å²) in [6.45, 7) is 0. The molecule has 0 aliphatic carbocycles. The molecule has 6 heteroatoms. The number of H-pyrrole nitrogens is 1. The second-order valence-corrected chi connectivity index (χ2v) is 4.82. The second kappa shape index (κ2) is 4.43. The quantitative estimate of drug-likeness (QED) is 0.650. The van der Waals surface area contributed by atoms with Crippen LogP contribution in [0, 0.1) is 16.4 Å². The van der Waals surface area contributed by atoms with Gasteiger partial charge in [0.05, 0.1) is 16.1 Å². The number of halogens is 3. The average molecular weight is 297 g/mol. The number of hydrogen-bond donors (Lipinski definition) is 1. The number of nitrogens with one attached hydrogen (secondary N) is 1. The first kappa shape index (κ1) is 12.3. The first-order chi connectivity index (χ1) is 9.06. The van der Waals surface area contributed by atoms with Crippen molar-refractivity contribution >= 4 is 34.9 Å². The first-order valence-electron chi connectivity index (χ1n) is 5.42. The molecule has 0 radical (unpaired) electrons. The molecular weight excluding hydrogens is 290 g/mol. The molecule has 0 bridgehead atoms. The molecule has 0 saturated heterocycles. The van der Waals surface area contributed by atoms with Crippen LogP contribution in [0.15, 0.2) is 36.4 Å². The highest BCUT2D eigenvalue weighted by molar-refractivity contribution is 7.71. The Morgan fingerprint density at radius 1 is 1.11 bits per heavy atom. The van der Waals surface area contributed by atoms with Crippen molar-refractivity contribution in [3.05, 3.63) is 57.8 Å². The predicted octanol–water partition coefficient (Wildman–Crippen LogP) is 4.62. The van der Waals surface area contributed by atoms with Crippen LogP contribution in [0.2, 0.25) is 5.02 Å². The minimum absolute atomic E-state index is 0.0114. The average Bonchev–Trinajstić information content (AvgIpc) is 2.67. The molecule has 96 valence electrons. The van der Waals surface area contributed by atoms with E-state index in [0.717, 1.165) is 0 Å². The largest absolute Gasteiger partial charge is 0.330 e. The number of rotatable bonds is 1. The summed E-state index contributed by atoms with van der Waals surface area (Å²) < 4.78 is 28.4. The zero-order valence-corrected chi connectivity index (χ0v) is 11.0. The molecule has 2 aromatic carbocycles. The molecule has 0 atom stereocenters. The van der Waals surface area contributed by atoms with E-state index in [-0.39, 0.29) is 10.8 Å². The second-order valence-electron chi connectivity index (χ2n) is 4.03. The maximum Gasteiger partial charge on any atom is 0.182 e. The van der Waals surface area contributed by atoms with Gasteiger partial charge in [-0.1, -0.05) is 11.6 Å². The van der Waals surface area contributed by atoms with Gasteiger partial charge in [-0.3, -0.25) is 4.57 Å². The number of benzene rings is 2. The smallest absolute Gasteiger partial charge is 0.182 e. The Bertz CT molecular complexity index is 821. The molecule has 1 N–H and O–H groups in total. The van der Waals surface area contributed by atoms with Gasteiger partial charge in [-0.2, -0.15) is 0 Å². The molecule has 0 amide bonds. The maximum absolute atomic E-state index is 13.4. The van der Waals surface area contributed by atoms with Gasteiger partial charge in [0, 0.05) is 11.8 Å². The molecule has 0 aliphatic rings. The van der Waals surface area contributed by atoms with Crippen molar-refractivity contribution in [3.8, 4) is 5.69 Å². The summed E-state index contributed by atoms with van der Waals surface area (Å²) in [5.41, 5.74) is 1.86. The van der Waals surface area contributed by atoms with Crippen molar-refractivity contribution in [1.82, 2.24) is 9.55 Å². The Hall–Kier alpha value is -1.72. The van der Waals surface area contributed by atoms with E-state index in [9.17, 15) is 8.78 Å². The number of fused-ring (bicyclic) bond motifs is 1. The lowest BCUT2D eigenvalue weighted by Crippen LogP contribution is -1.94. The SMILES string of the molecule is Fc1ccc(-n2c(=S)[nH]c3cc(F)c(Cl)cc32)cc1. The van der Waals surface area contributed by atoms with Gasteiger partial charge in [-0.05, 0) is 42.5 Å². The summed E-state index contributed by atoms with van der Waals surface area (Å²) in [5, 5.41) is 0.0114. The van der Waals surface area contributed by atoms with Gasteiger partial charge >= 0.3 is 0 Å². The van der Waals surface area contributed by atoms with Crippen molar-refractivity contribution in [1.29, 1.82) is 0 Å². The van der Waals surface area contributed by atoms with E-state index in [2.05, 4.69) is 4.98 Å². The van der Waals surface area contributed by atoms with Crippen LogP contribution < -0.4 is 0 Å². The summed E-state index contributed by atoms with van der Waals surface area (Å²) in [5.74, 6) is -0.851. The summed E-state index contributed by atoms with van der Waals surface area (Å²) in [7, 11) is 0. The molecular formula is C13H7ClF2N2S. The number of imidazole rings is 1. The lowest BCUT2D eigenvalue weighted by molar-refractivity contribution is 0.627. The van der Waals surface area contributed by atoms with Crippen molar-refractivity contribution in [3.63, 3.8) is 0 Å². The monoisotopic (exact) mass is 296 g/mol. The Balaban J connectivity index is 2.34. The third kappa shape index (κ3) is 2.05. The third-order valence-corrected chi connectivity index (χ3v) is 3.38. The van der Waals surface area contributed by atoms with Crippen molar-refractivity contribution in [2.24, 2.45) is 0 Å². The molecule has 0 spiro atoms. The van der Waals surface area contributed by atoms with E-state index in [0.29, 0.717) is 21.5 Å². The molecule has 0 fully saturated rings. The van der Waals surface area contributed by atoms with Gasteiger partial charge in [-0.15, -0.1) is 0 Å². The molecule has 3 rings (SSSR count). The fourth-order valence-electron chi connectivity index (χ4n) is 1.95. The lowest BCUT2D eigenvalue weighted by Gasteiger charge is -2.04. The normalized spacial score (nSPS) is 11.1. The molecule has 0 saturated carbocycles. The highest BCUT2D eigenvalue weighted by atomic mass is 35.5. The Kier molecular flexibility index (Phi) is 2.88. The van der Waals surface area contributed by atoms with Crippen LogP contribution in [0.3, 0.4) is 0 Å². The number of aromatic amines is 1. The van der Waals surface area contributed by atoms with E-state index in [1.54, 1.807) is 16.7 Å². The van der Waals surface area contributed by atoms with Gasteiger partial charge < -0.3 is 4.98 Å². The Morgan fingerprint density at radius 3 is 2.47 bits per heavy atom. The standard InChI is InChI=1S/C13H7ClF2N2S/c14-9-5-12-11(6-10(9)16)17-13(19)18(12)8-3-1-7(15)2-4-8/h1-6H,(H,17,19). The number of aromatic nitrogens is 2. The minimum atomic E-state index is -0.517. The topological polar surface area (TPSA) is 20.7 Å². The van der Waals surface area contributed by atoms with Crippen LogP contribution >= 0.6 is 23.8 Å². The fourth-order valence-corrected chi connectivity index (χ4v) is 2.42. The molecule has 0 aliphatic heterocycles. The molecule has 19 heavy (non-hydrogen) atoms. The first-order valence-corrected chi connectivity index (χ1v) is 6.20. The van der Waals surface area contributed by atoms with Gasteiger partial charge in [0.25, 0.3) is 0 Å². The van der Waals surface area contributed by atoms with E-state index >= 15 is 0 Å². The molecule has 1 aromatic heterocycles. The minimum Gasteiger partial charge on any atom is -0.330 e.